The maximum Gasteiger partial charge on any atom is 0.451 e. The second kappa shape index (κ2) is 6.99. The van der Waals surface area contributed by atoms with E-state index in [9.17, 15) is 31.1 Å². The minimum Gasteiger partial charge on any atom is -0.356 e. The van der Waals surface area contributed by atoms with Gasteiger partial charge in [0.2, 0.25) is 11.6 Å². The number of alkyl halides is 6. The number of anilines is 2. The van der Waals surface area contributed by atoms with Crippen LogP contribution < -0.4 is 5.32 Å². The Bertz CT molecular complexity index is 1430. The summed E-state index contributed by atoms with van der Waals surface area (Å²) in [5.74, 6) is -2.10. The van der Waals surface area contributed by atoms with Gasteiger partial charge in [-0.1, -0.05) is 0 Å². The van der Waals surface area contributed by atoms with Crippen LogP contribution in [0.1, 0.15) is 27.4 Å². The molecule has 33 heavy (non-hydrogen) atoms. The topological polar surface area (TPSA) is 67.8 Å². The van der Waals surface area contributed by atoms with Crippen LogP contribution in [-0.4, -0.2) is 20.7 Å². The smallest absolute Gasteiger partial charge is 0.356 e. The summed E-state index contributed by atoms with van der Waals surface area (Å²) in [6, 6.07) is 9.28. The number of rotatable bonds is 2. The second-order valence-corrected chi connectivity index (χ2v) is 7.26. The molecule has 0 atom stereocenters. The number of nitrogens with zero attached hydrogens (tertiary/aromatic N) is 3. The van der Waals surface area contributed by atoms with Crippen LogP contribution in [0.25, 0.3) is 22.0 Å². The van der Waals surface area contributed by atoms with Crippen molar-refractivity contribution in [1.29, 1.82) is 0 Å². The maximum atomic E-state index is 13.0. The third-order valence-electron chi connectivity index (χ3n) is 5.14. The van der Waals surface area contributed by atoms with Crippen molar-refractivity contribution in [2.45, 2.75) is 12.4 Å². The molecule has 2 aromatic carbocycles. The van der Waals surface area contributed by atoms with Crippen LogP contribution in [0.4, 0.5) is 37.7 Å². The van der Waals surface area contributed by atoms with Crippen molar-refractivity contribution in [1.82, 2.24) is 15.0 Å². The van der Waals surface area contributed by atoms with Crippen LogP contribution in [0, 0.1) is 0 Å². The van der Waals surface area contributed by atoms with E-state index in [0.717, 1.165) is 18.3 Å². The van der Waals surface area contributed by atoms with Crippen LogP contribution in [0.15, 0.2) is 54.9 Å². The first-order valence-corrected chi connectivity index (χ1v) is 9.39. The summed E-state index contributed by atoms with van der Waals surface area (Å²) in [5, 5.41) is 3.43. The highest BCUT2D eigenvalue weighted by Crippen LogP contribution is 2.41. The van der Waals surface area contributed by atoms with Gasteiger partial charge >= 0.3 is 12.4 Å². The molecule has 0 amide bonds. The number of halogens is 6. The van der Waals surface area contributed by atoms with Gasteiger partial charge in [-0.15, -0.1) is 0 Å². The lowest BCUT2D eigenvalue weighted by Gasteiger charge is -2.11. The van der Waals surface area contributed by atoms with E-state index in [1.165, 1.54) is 18.3 Å². The molecule has 2 heterocycles. The van der Waals surface area contributed by atoms with E-state index in [1.54, 1.807) is 18.2 Å². The minimum atomic E-state index is -4.80. The first-order valence-electron chi connectivity index (χ1n) is 9.39. The van der Waals surface area contributed by atoms with Crippen LogP contribution >= 0.6 is 0 Å². The first kappa shape index (κ1) is 20.9. The molecular weight excluding hydrogens is 450 g/mol. The number of aromatic nitrogens is 3. The van der Waals surface area contributed by atoms with Crippen molar-refractivity contribution in [3.8, 4) is 11.1 Å². The van der Waals surface area contributed by atoms with Crippen molar-refractivity contribution in [2.75, 3.05) is 5.32 Å². The summed E-state index contributed by atoms with van der Waals surface area (Å²) in [5.41, 5.74) is 0.783. The molecule has 0 fully saturated rings. The Hall–Kier alpha value is -4.02. The average molecular weight is 460 g/mol. The molecule has 5 rings (SSSR count). The molecule has 0 unspecified atom stereocenters. The molecule has 5 nitrogen and oxygen atoms in total. The second-order valence-electron chi connectivity index (χ2n) is 7.26. The van der Waals surface area contributed by atoms with Crippen molar-refractivity contribution in [3.63, 3.8) is 0 Å². The predicted molar refractivity (Wildman–Crippen MR) is 106 cm³/mol. The van der Waals surface area contributed by atoms with Crippen LogP contribution in [0.3, 0.4) is 0 Å². The number of carbonyl (C=O) groups is 1. The van der Waals surface area contributed by atoms with Gasteiger partial charge in [0.15, 0.2) is 0 Å². The van der Waals surface area contributed by atoms with E-state index in [2.05, 4.69) is 20.3 Å². The predicted octanol–water partition coefficient (Wildman–Crippen LogP) is 6.02. The molecule has 0 bridgehead atoms. The Balaban J connectivity index is 1.57. The van der Waals surface area contributed by atoms with Gasteiger partial charge in [0.05, 0.1) is 16.6 Å². The number of hydrogen-bond donors (Lipinski definition) is 1. The third-order valence-corrected chi connectivity index (χ3v) is 5.14. The number of carbonyl (C=O) groups excluding carboxylic acids is 1. The summed E-state index contributed by atoms with van der Waals surface area (Å²) in [6.07, 6.45) is -7.02. The molecule has 11 heteroatoms. The number of hydrogen-bond acceptors (Lipinski definition) is 5. The van der Waals surface area contributed by atoms with Gasteiger partial charge in [-0.2, -0.15) is 26.3 Å². The van der Waals surface area contributed by atoms with E-state index >= 15 is 0 Å². The summed E-state index contributed by atoms with van der Waals surface area (Å²) >= 11 is 0. The van der Waals surface area contributed by atoms with Crippen LogP contribution in [0.2, 0.25) is 0 Å². The van der Waals surface area contributed by atoms with Gasteiger partial charge in [0.1, 0.15) is 5.69 Å². The monoisotopic (exact) mass is 460 g/mol. The molecule has 4 aromatic rings. The van der Waals surface area contributed by atoms with Crippen molar-refractivity contribution >= 4 is 28.1 Å². The number of nitrogens with one attached hydrogen (secondary N) is 1. The highest BCUT2D eigenvalue weighted by atomic mass is 19.4. The molecule has 1 aliphatic rings. The third kappa shape index (κ3) is 3.55. The van der Waals surface area contributed by atoms with Gasteiger partial charge in [0, 0.05) is 40.3 Å². The normalized spacial score (nSPS) is 13.2. The zero-order valence-electron chi connectivity index (χ0n) is 16.2. The lowest BCUT2D eigenvalue weighted by Crippen LogP contribution is -2.13. The van der Waals surface area contributed by atoms with Gasteiger partial charge in [0.25, 0.3) is 0 Å². The summed E-state index contributed by atoms with van der Waals surface area (Å²) < 4.78 is 77.3. The van der Waals surface area contributed by atoms with E-state index in [1.807, 2.05) is 0 Å². The average Bonchev–Trinajstić information content (AvgIpc) is 3.05. The van der Waals surface area contributed by atoms with Crippen LogP contribution in [-0.2, 0) is 12.4 Å². The fourth-order valence-electron chi connectivity index (χ4n) is 3.64. The highest BCUT2D eigenvalue weighted by molar-refractivity contribution is 6.24. The molecule has 1 aliphatic carbocycles. The summed E-state index contributed by atoms with van der Waals surface area (Å²) in [6.45, 7) is 0. The van der Waals surface area contributed by atoms with E-state index < -0.39 is 29.5 Å². The van der Waals surface area contributed by atoms with Gasteiger partial charge in [-0.25, -0.2) is 9.97 Å². The van der Waals surface area contributed by atoms with Gasteiger partial charge in [-0.3, -0.25) is 9.78 Å². The number of fused-ring (bicyclic) bond motifs is 5. The minimum absolute atomic E-state index is 0.0952. The van der Waals surface area contributed by atoms with Crippen molar-refractivity contribution in [3.05, 3.63) is 77.5 Å². The Morgan fingerprint density at radius 1 is 0.758 bits per heavy atom. The van der Waals surface area contributed by atoms with Gasteiger partial charge < -0.3 is 5.32 Å². The zero-order valence-corrected chi connectivity index (χ0v) is 16.2. The Kier molecular flexibility index (Phi) is 4.42. The standard InChI is InChI=1S/C22H10F6N4O/c23-21(24,25)10-1-3-11(4-2-10)31-12-5-6-16-13(7-12)17-14-8-30-20(22(26,27)28)32-18(14)19(33)15(17)9-29-16/h1-9,31H. The quantitative estimate of drug-likeness (QED) is 0.327. The lowest BCUT2D eigenvalue weighted by atomic mass is 10.0. The van der Waals surface area contributed by atoms with Gasteiger partial charge in [-0.05, 0) is 42.5 Å². The molecule has 166 valence electrons. The van der Waals surface area contributed by atoms with Crippen LogP contribution in [0.5, 0.6) is 0 Å². The summed E-state index contributed by atoms with van der Waals surface area (Å²) in [4.78, 5) is 23.7. The summed E-state index contributed by atoms with van der Waals surface area (Å²) in [7, 11) is 0. The molecule has 0 radical (unpaired) electrons. The molecular formula is C22H10F6N4O. The van der Waals surface area contributed by atoms with Crippen molar-refractivity contribution < 1.29 is 31.1 Å². The Morgan fingerprint density at radius 2 is 1.42 bits per heavy atom. The van der Waals surface area contributed by atoms with E-state index in [0.29, 0.717) is 27.8 Å². The van der Waals surface area contributed by atoms with E-state index in [-0.39, 0.29) is 16.8 Å². The molecule has 1 N–H and O–H groups in total. The fraction of sp³-hybridized carbons (Fsp3) is 0.0909. The van der Waals surface area contributed by atoms with Crippen molar-refractivity contribution in [2.24, 2.45) is 0 Å². The zero-order chi connectivity index (χ0) is 23.5. The number of benzene rings is 2. The molecule has 0 spiro atoms. The number of pyridine rings is 1. The molecule has 2 aromatic heterocycles. The highest BCUT2D eigenvalue weighted by Gasteiger charge is 2.38. The fourth-order valence-corrected chi connectivity index (χ4v) is 3.64. The lowest BCUT2D eigenvalue weighted by molar-refractivity contribution is -0.145. The SMILES string of the molecule is O=C1c2cnc3ccc(Nc4ccc(C(F)(F)F)cc4)cc3c2-c2cnc(C(F)(F)F)nc21. The molecule has 0 saturated carbocycles. The Morgan fingerprint density at radius 3 is 2.09 bits per heavy atom. The number of ketones is 1. The molecule has 0 saturated heterocycles. The molecule has 0 aliphatic heterocycles. The maximum absolute atomic E-state index is 13.0. The largest absolute Gasteiger partial charge is 0.451 e. The Labute approximate surface area is 181 Å². The van der Waals surface area contributed by atoms with E-state index in [4.69, 9.17) is 0 Å². The first-order chi connectivity index (χ1) is 15.5.